The van der Waals surface area contributed by atoms with Crippen molar-refractivity contribution < 1.29 is 22.7 Å². The summed E-state index contributed by atoms with van der Waals surface area (Å²) in [5.41, 5.74) is 1.71. The Morgan fingerprint density at radius 2 is 1.86 bits per heavy atom. The molecule has 150 valence electrons. The fraction of sp³-hybridized carbons (Fsp3) is 0.316. The van der Waals surface area contributed by atoms with Gasteiger partial charge in [0.2, 0.25) is 10.0 Å². The van der Waals surface area contributed by atoms with Gasteiger partial charge in [-0.15, -0.1) is 0 Å². The van der Waals surface area contributed by atoms with Crippen molar-refractivity contribution >= 4 is 33.2 Å². The molecule has 1 aliphatic heterocycles. The molecule has 2 aromatic carbocycles. The summed E-state index contributed by atoms with van der Waals surface area (Å²) >= 11 is 6.00. The summed E-state index contributed by atoms with van der Waals surface area (Å²) in [5.74, 6) is -0.316. The van der Waals surface area contributed by atoms with Crippen LogP contribution in [-0.2, 0) is 19.6 Å². The molecule has 1 aliphatic rings. The Hall–Kier alpha value is -2.13. The second-order valence-electron chi connectivity index (χ2n) is 6.31. The minimum atomic E-state index is -3.81. The van der Waals surface area contributed by atoms with Crippen LogP contribution in [0.4, 0.5) is 5.69 Å². The molecule has 1 heterocycles. The van der Waals surface area contributed by atoms with E-state index in [2.05, 4.69) is 5.32 Å². The fourth-order valence-corrected chi connectivity index (χ4v) is 4.51. The summed E-state index contributed by atoms with van der Waals surface area (Å²) < 4.78 is 38.0. The van der Waals surface area contributed by atoms with E-state index in [4.69, 9.17) is 21.1 Å². The smallest absolute Gasteiger partial charge is 0.262 e. The van der Waals surface area contributed by atoms with Crippen molar-refractivity contribution in [1.82, 2.24) is 4.31 Å². The Kier molecular flexibility index (Phi) is 6.56. The molecule has 7 nitrogen and oxygen atoms in total. The van der Waals surface area contributed by atoms with Crippen molar-refractivity contribution in [2.45, 2.75) is 11.8 Å². The third kappa shape index (κ3) is 5.02. The van der Waals surface area contributed by atoms with Gasteiger partial charge in [-0.3, -0.25) is 4.79 Å². The van der Waals surface area contributed by atoms with Crippen LogP contribution in [-0.4, -0.2) is 51.5 Å². The summed E-state index contributed by atoms with van der Waals surface area (Å²) in [7, 11) is -3.81. The lowest BCUT2D eigenvalue weighted by Crippen LogP contribution is -2.40. The zero-order valence-corrected chi connectivity index (χ0v) is 16.9. The first-order valence-electron chi connectivity index (χ1n) is 8.73. The van der Waals surface area contributed by atoms with Gasteiger partial charge in [0.15, 0.2) is 6.61 Å². The number of carbonyl (C=O) groups excluding carboxylic acids is 1. The number of morpholine rings is 1. The van der Waals surface area contributed by atoms with Gasteiger partial charge in [-0.1, -0.05) is 29.3 Å². The molecular formula is C19H21ClN2O5S. The summed E-state index contributed by atoms with van der Waals surface area (Å²) in [5, 5.41) is 2.97. The first-order valence-corrected chi connectivity index (χ1v) is 10.5. The minimum Gasteiger partial charge on any atom is -0.482 e. The summed E-state index contributed by atoms with van der Waals surface area (Å²) in [6, 6.07) is 11.6. The van der Waals surface area contributed by atoms with Crippen LogP contribution in [0.5, 0.6) is 5.75 Å². The zero-order chi connectivity index (χ0) is 20.1. The van der Waals surface area contributed by atoms with Crippen molar-refractivity contribution in [3.05, 3.63) is 53.1 Å². The molecule has 1 saturated heterocycles. The molecule has 0 aliphatic carbocycles. The third-order valence-electron chi connectivity index (χ3n) is 4.19. The second kappa shape index (κ2) is 8.91. The number of carbonyl (C=O) groups is 1. The van der Waals surface area contributed by atoms with E-state index in [1.54, 1.807) is 12.1 Å². The molecule has 0 radical (unpaired) electrons. The predicted octanol–water partition coefficient (Wildman–Crippen LogP) is 2.69. The lowest BCUT2D eigenvalue weighted by molar-refractivity contribution is -0.118. The quantitative estimate of drug-likeness (QED) is 0.770. The molecule has 0 unspecified atom stereocenters. The molecule has 2 aromatic rings. The molecular weight excluding hydrogens is 404 g/mol. The van der Waals surface area contributed by atoms with Crippen LogP contribution in [0.2, 0.25) is 5.02 Å². The van der Waals surface area contributed by atoms with E-state index in [-0.39, 0.29) is 35.4 Å². The number of sulfonamides is 1. The number of ether oxygens (including phenoxy) is 2. The van der Waals surface area contributed by atoms with Crippen molar-refractivity contribution in [2.75, 3.05) is 38.2 Å². The van der Waals surface area contributed by atoms with Crippen LogP contribution in [0.15, 0.2) is 47.4 Å². The number of nitrogens with one attached hydrogen (secondary N) is 1. The SMILES string of the molecule is Cc1ccc(NC(=O)COc2ccc(Cl)cc2S(=O)(=O)N2CCOCC2)cc1. The first kappa shape index (κ1) is 20.6. The highest BCUT2D eigenvalue weighted by atomic mass is 35.5. The highest BCUT2D eigenvalue weighted by Crippen LogP contribution is 2.30. The molecule has 0 bridgehead atoms. The van der Waals surface area contributed by atoms with Gasteiger partial charge in [0.1, 0.15) is 10.6 Å². The summed E-state index contributed by atoms with van der Waals surface area (Å²) in [4.78, 5) is 12.1. The van der Waals surface area contributed by atoms with Crippen LogP contribution in [0.3, 0.4) is 0 Å². The van der Waals surface area contributed by atoms with E-state index in [0.717, 1.165) is 5.56 Å². The molecule has 1 fully saturated rings. The third-order valence-corrected chi connectivity index (χ3v) is 6.34. The average molecular weight is 425 g/mol. The monoisotopic (exact) mass is 424 g/mol. The molecule has 1 amide bonds. The van der Waals surface area contributed by atoms with E-state index < -0.39 is 15.9 Å². The van der Waals surface area contributed by atoms with E-state index in [0.29, 0.717) is 18.9 Å². The summed E-state index contributed by atoms with van der Waals surface area (Å²) in [6.07, 6.45) is 0. The molecule has 0 atom stereocenters. The van der Waals surface area contributed by atoms with Crippen LogP contribution in [0.25, 0.3) is 0 Å². The van der Waals surface area contributed by atoms with Crippen LogP contribution < -0.4 is 10.1 Å². The standard InChI is InChI=1S/C19H21ClN2O5S/c1-14-2-5-16(6-3-14)21-19(23)13-27-17-7-4-15(20)12-18(17)28(24,25)22-8-10-26-11-9-22/h2-7,12H,8-11,13H2,1H3,(H,21,23). The Labute approximate surface area is 169 Å². The Morgan fingerprint density at radius 3 is 2.54 bits per heavy atom. The molecule has 9 heteroatoms. The van der Waals surface area contributed by atoms with E-state index in [9.17, 15) is 13.2 Å². The van der Waals surface area contributed by atoms with Crippen molar-refractivity contribution in [2.24, 2.45) is 0 Å². The molecule has 3 rings (SSSR count). The Bertz CT molecular complexity index is 941. The van der Waals surface area contributed by atoms with Crippen molar-refractivity contribution in [3.63, 3.8) is 0 Å². The second-order valence-corrected chi connectivity index (χ2v) is 8.65. The van der Waals surface area contributed by atoms with Gasteiger partial charge in [0.25, 0.3) is 5.91 Å². The normalized spacial score (nSPS) is 15.2. The molecule has 1 N–H and O–H groups in total. The largest absolute Gasteiger partial charge is 0.482 e. The van der Waals surface area contributed by atoms with Crippen LogP contribution in [0.1, 0.15) is 5.56 Å². The van der Waals surface area contributed by atoms with Gasteiger partial charge in [-0.25, -0.2) is 8.42 Å². The Morgan fingerprint density at radius 1 is 1.18 bits per heavy atom. The number of amides is 1. The van der Waals surface area contributed by atoms with Gasteiger partial charge in [-0.2, -0.15) is 4.31 Å². The van der Waals surface area contributed by atoms with E-state index in [1.807, 2.05) is 19.1 Å². The number of hydrogen-bond donors (Lipinski definition) is 1. The van der Waals surface area contributed by atoms with Gasteiger partial charge < -0.3 is 14.8 Å². The molecule has 0 aromatic heterocycles. The van der Waals surface area contributed by atoms with Crippen molar-refractivity contribution in [3.8, 4) is 5.75 Å². The maximum absolute atomic E-state index is 13.0. The molecule has 0 saturated carbocycles. The highest BCUT2D eigenvalue weighted by Gasteiger charge is 2.29. The topological polar surface area (TPSA) is 84.9 Å². The van der Waals surface area contributed by atoms with Crippen LogP contribution >= 0.6 is 11.6 Å². The van der Waals surface area contributed by atoms with Gasteiger partial charge in [-0.05, 0) is 37.3 Å². The van der Waals surface area contributed by atoms with Gasteiger partial charge in [0, 0.05) is 23.8 Å². The maximum atomic E-state index is 13.0. The fourth-order valence-electron chi connectivity index (χ4n) is 2.71. The van der Waals surface area contributed by atoms with Gasteiger partial charge >= 0.3 is 0 Å². The summed E-state index contributed by atoms with van der Waals surface area (Å²) in [6.45, 7) is 2.78. The van der Waals surface area contributed by atoms with E-state index >= 15 is 0 Å². The average Bonchev–Trinajstić information content (AvgIpc) is 2.69. The predicted molar refractivity (Wildman–Crippen MR) is 106 cm³/mol. The Balaban J connectivity index is 1.73. The molecule has 0 spiro atoms. The number of benzene rings is 2. The van der Waals surface area contributed by atoms with Crippen LogP contribution in [0, 0.1) is 6.92 Å². The number of aryl methyl sites for hydroxylation is 1. The lowest BCUT2D eigenvalue weighted by Gasteiger charge is -2.26. The zero-order valence-electron chi connectivity index (χ0n) is 15.4. The minimum absolute atomic E-state index is 0.0648. The van der Waals surface area contributed by atoms with Gasteiger partial charge in [0.05, 0.1) is 13.2 Å². The number of hydrogen-bond acceptors (Lipinski definition) is 5. The highest BCUT2D eigenvalue weighted by molar-refractivity contribution is 7.89. The number of nitrogens with zero attached hydrogens (tertiary/aromatic N) is 1. The van der Waals surface area contributed by atoms with E-state index in [1.165, 1.54) is 22.5 Å². The maximum Gasteiger partial charge on any atom is 0.262 e. The number of rotatable bonds is 6. The number of anilines is 1. The number of halogens is 1. The molecule has 28 heavy (non-hydrogen) atoms. The lowest BCUT2D eigenvalue weighted by atomic mass is 10.2. The van der Waals surface area contributed by atoms with Crippen molar-refractivity contribution in [1.29, 1.82) is 0 Å². The first-order chi connectivity index (χ1) is 13.4.